The summed E-state index contributed by atoms with van der Waals surface area (Å²) in [6, 6.07) is 7.56. The smallest absolute Gasteiger partial charge is 0.220 e. The number of amides is 1. The van der Waals surface area contributed by atoms with Crippen LogP contribution in [0, 0.1) is 5.92 Å². The van der Waals surface area contributed by atoms with Gasteiger partial charge in [-0.1, -0.05) is 23.7 Å². The zero-order valence-electron chi connectivity index (χ0n) is 12.8. The Hall–Kier alpha value is -1.10. The summed E-state index contributed by atoms with van der Waals surface area (Å²) in [4.78, 5) is 11.8. The van der Waals surface area contributed by atoms with E-state index in [1.165, 1.54) is 0 Å². The lowest BCUT2D eigenvalue weighted by molar-refractivity contribution is -0.121. The third kappa shape index (κ3) is 5.95. The zero-order chi connectivity index (χ0) is 15.8. The fourth-order valence-corrected chi connectivity index (χ4v) is 2.95. The molecule has 1 aromatic rings. The average Bonchev–Trinajstić information content (AvgIpc) is 2.54. The molecule has 0 radical (unpaired) electrons. The highest BCUT2D eigenvalue weighted by Crippen LogP contribution is 2.20. The molecule has 0 spiro atoms. The number of halogens is 1. The van der Waals surface area contributed by atoms with Crippen LogP contribution in [-0.4, -0.2) is 36.9 Å². The lowest BCUT2D eigenvalue weighted by Crippen LogP contribution is -2.32. The lowest BCUT2D eigenvalue weighted by atomic mass is 9.92. The second kappa shape index (κ2) is 9.13. The third-order valence-corrected chi connectivity index (χ3v) is 4.34. The van der Waals surface area contributed by atoms with E-state index in [1.807, 2.05) is 24.3 Å². The van der Waals surface area contributed by atoms with Crippen LogP contribution in [0.1, 0.15) is 31.2 Å². The number of rotatable bonds is 7. The first-order valence-electron chi connectivity index (χ1n) is 7.92. The molecule has 4 nitrogen and oxygen atoms in total. The molecule has 2 rings (SSSR count). The molecule has 1 fully saturated rings. The molecule has 1 atom stereocenters. The Morgan fingerprint density at radius 2 is 2.18 bits per heavy atom. The van der Waals surface area contributed by atoms with E-state index in [-0.39, 0.29) is 12.0 Å². The van der Waals surface area contributed by atoms with Gasteiger partial charge in [-0.15, -0.1) is 0 Å². The highest BCUT2D eigenvalue weighted by Gasteiger charge is 2.21. The number of carbonyl (C=O) groups is 1. The van der Waals surface area contributed by atoms with Crippen LogP contribution in [0.5, 0.6) is 0 Å². The molecule has 1 aliphatic rings. The quantitative estimate of drug-likeness (QED) is 0.810. The van der Waals surface area contributed by atoms with Crippen LogP contribution in [0.4, 0.5) is 0 Å². The summed E-state index contributed by atoms with van der Waals surface area (Å²) in [5.74, 6) is 0.316. The van der Waals surface area contributed by atoms with Gasteiger partial charge in [0, 0.05) is 31.2 Å². The van der Waals surface area contributed by atoms with Crippen molar-refractivity contribution in [3.63, 3.8) is 0 Å². The van der Waals surface area contributed by atoms with E-state index in [2.05, 4.69) is 5.32 Å². The topological polar surface area (TPSA) is 58.6 Å². The second-order valence-corrected chi connectivity index (χ2v) is 6.22. The predicted octanol–water partition coefficient (Wildman–Crippen LogP) is 2.57. The molecular formula is C17H24ClNO3. The number of aliphatic hydroxyl groups is 1. The zero-order valence-corrected chi connectivity index (χ0v) is 13.5. The van der Waals surface area contributed by atoms with E-state index in [9.17, 15) is 9.90 Å². The van der Waals surface area contributed by atoms with Gasteiger partial charge in [0.25, 0.3) is 0 Å². The minimum Gasteiger partial charge on any atom is -0.393 e. The summed E-state index contributed by atoms with van der Waals surface area (Å²) < 4.78 is 5.28. The van der Waals surface area contributed by atoms with Gasteiger partial charge in [-0.25, -0.2) is 0 Å². The molecule has 0 bridgehead atoms. The van der Waals surface area contributed by atoms with Crippen LogP contribution >= 0.6 is 11.6 Å². The van der Waals surface area contributed by atoms with Crippen LogP contribution in [0.2, 0.25) is 5.02 Å². The first kappa shape index (κ1) is 17.3. The first-order valence-corrected chi connectivity index (χ1v) is 8.30. The Kier molecular flexibility index (Phi) is 7.16. The maximum absolute atomic E-state index is 11.8. The summed E-state index contributed by atoms with van der Waals surface area (Å²) in [7, 11) is 0. The SMILES string of the molecule is O=C(CCc1cccc(Cl)c1)NCC[C@@H](O)C1CCOCC1. The van der Waals surface area contributed by atoms with Gasteiger partial charge in [-0.2, -0.15) is 0 Å². The number of carbonyl (C=O) groups excluding carboxylic acids is 1. The maximum atomic E-state index is 11.8. The summed E-state index contributed by atoms with van der Waals surface area (Å²) in [5, 5.41) is 13.7. The molecular weight excluding hydrogens is 302 g/mol. The predicted molar refractivity (Wildman–Crippen MR) is 86.9 cm³/mol. The van der Waals surface area contributed by atoms with Gasteiger partial charge in [0.2, 0.25) is 5.91 Å². The molecule has 2 N–H and O–H groups in total. The van der Waals surface area contributed by atoms with Crippen molar-refractivity contribution in [1.29, 1.82) is 0 Å². The average molecular weight is 326 g/mol. The van der Waals surface area contributed by atoms with Crippen molar-refractivity contribution in [3.05, 3.63) is 34.9 Å². The minimum atomic E-state index is -0.350. The van der Waals surface area contributed by atoms with Crippen LogP contribution in [0.3, 0.4) is 0 Å². The molecule has 0 aliphatic carbocycles. The van der Waals surface area contributed by atoms with Gasteiger partial charge in [0.1, 0.15) is 0 Å². The molecule has 122 valence electrons. The number of ether oxygens (including phenoxy) is 1. The molecule has 1 aliphatic heterocycles. The monoisotopic (exact) mass is 325 g/mol. The minimum absolute atomic E-state index is 0.0131. The molecule has 1 heterocycles. The van der Waals surface area contributed by atoms with E-state index in [1.54, 1.807) is 0 Å². The number of nitrogens with one attached hydrogen (secondary N) is 1. The summed E-state index contributed by atoms with van der Waals surface area (Å²) in [6.45, 7) is 1.98. The molecule has 0 saturated carbocycles. The normalized spacial score (nSPS) is 17.2. The van der Waals surface area contributed by atoms with Crippen molar-refractivity contribution in [1.82, 2.24) is 5.32 Å². The van der Waals surface area contributed by atoms with Gasteiger partial charge in [0.15, 0.2) is 0 Å². The summed E-state index contributed by atoms with van der Waals surface area (Å²) in [5.41, 5.74) is 1.06. The highest BCUT2D eigenvalue weighted by atomic mass is 35.5. The number of aliphatic hydroxyl groups excluding tert-OH is 1. The Bertz CT molecular complexity index is 475. The first-order chi connectivity index (χ1) is 10.6. The molecule has 5 heteroatoms. The van der Waals surface area contributed by atoms with Crippen molar-refractivity contribution < 1.29 is 14.6 Å². The number of aryl methyl sites for hydroxylation is 1. The largest absolute Gasteiger partial charge is 0.393 e. The van der Waals surface area contributed by atoms with Crippen LogP contribution in [-0.2, 0) is 16.0 Å². The molecule has 1 saturated heterocycles. The molecule has 0 aromatic heterocycles. The fraction of sp³-hybridized carbons (Fsp3) is 0.588. The Balaban J connectivity index is 1.61. The van der Waals surface area contributed by atoms with Crippen LogP contribution < -0.4 is 5.32 Å². The van der Waals surface area contributed by atoms with Crippen LogP contribution in [0.25, 0.3) is 0 Å². The number of benzene rings is 1. The van der Waals surface area contributed by atoms with E-state index in [4.69, 9.17) is 16.3 Å². The van der Waals surface area contributed by atoms with Crippen molar-refractivity contribution in [3.8, 4) is 0 Å². The highest BCUT2D eigenvalue weighted by molar-refractivity contribution is 6.30. The Morgan fingerprint density at radius 1 is 1.41 bits per heavy atom. The summed E-state index contributed by atoms with van der Waals surface area (Å²) in [6.07, 6.45) is 3.18. The van der Waals surface area contributed by atoms with E-state index in [0.29, 0.717) is 36.7 Å². The van der Waals surface area contributed by atoms with Gasteiger partial charge in [0.05, 0.1) is 6.10 Å². The molecule has 1 amide bonds. The van der Waals surface area contributed by atoms with Crippen LogP contribution in [0.15, 0.2) is 24.3 Å². The van der Waals surface area contributed by atoms with Gasteiger partial charge < -0.3 is 15.2 Å². The molecule has 22 heavy (non-hydrogen) atoms. The van der Waals surface area contributed by atoms with Gasteiger partial charge in [-0.05, 0) is 49.3 Å². The Morgan fingerprint density at radius 3 is 2.91 bits per heavy atom. The fourth-order valence-electron chi connectivity index (χ4n) is 2.73. The lowest BCUT2D eigenvalue weighted by Gasteiger charge is -2.26. The second-order valence-electron chi connectivity index (χ2n) is 5.79. The van der Waals surface area contributed by atoms with Crippen molar-refractivity contribution in [2.45, 2.75) is 38.2 Å². The third-order valence-electron chi connectivity index (χ3n) is 4.10. The number of hydrogen-bond donors (Lipinski definition) is 2. The van der Waals surface area contributed by atoms with Crippen molar-refractivity contribution >= 4 is 17.5 Å². The van der Waals surface area contributed by atoms with Crippen molar-refractivity contribution in [2.24, 2.45) is 5.92 Å². The van der Waals surface area contributed by atoms with E-state index < -0.39 is 0 Å². The Labute approximate surface area is 136 Å². The van der Waals surface area contributed by atoms with E-state index >= 15 is 0 Å². The molecule has 0 unspecified atom stereocenters. The van der Waals surface area contributed by atoms with Gasteiger partial charge >= 0.3 is 0 Å². The number of hydrogen-bond acceptors (Lipinski definition) is 3. The summed E-state index contributed by atoms with van der Waals surface area (Å²) >= 11 is 5.92. The van der Waals surface area contributed by atoms with Crippen molar-refractivity contribution in [2.75, 3.05) is 19.8 Å². The molecule has 1 aromatic carbocycles. The maximum Gasteiger partial charge on any atom is 0.220 e. The van der Waals surface area contributed by atoms with E-state index in [0.717, 1.165) is 31.6 Å². The standard InChI is InChI=1S/C17H24ClNO3/c18-15-3-1-2-13(12-15)4-5-17(21)19-9-6-16(20)14-7-10-22-11-8-14/h1-3,12,14,16,20H,4-11H2,(H,19,21)/t16-/m1/s1. The van der Waals surface area contributed by atoms with Gasteiger partial charge in [-0.3, -0.25) is 4.79 Å².